The average molecular weight is 220 g/mol. The van der Waals surface area contributed by atoms with Crippen LogP contribution in [-0.4, -0.2) is 15.9 Å². The lowest BCUT2D eigenvalue weighted by Gasteiger charge is -2.02. The Morgan fingerprint density at radius 1 is 1.40 bits per heavy atom. The molecule has 6 heteroatoms. The molecule has 1 N–H and O–H groups in total. The molecule has 0 unspecified atom stereocenters. The van der Waals surface area contributed by atoms with Crippen molar-refractivity contribution in [2.24, 2.45) is 0 Å². The van der Waals surface area contributed by atoms with Crippen LogP contribution in [0.4, 0.5) is 0 Å². The lowest BCUT2D eigenvalue weighted by atomic mass is 10.3. The van der Waals surface area contributed by atoms with Gasteiger partial charge in [0.05, 0.1) is 0 Å². The van der Waals surface area contributed by atoms with Gasteiger partial charge in [0, 0.05) is 23.3 Å². The Labute approximate surface area is 89.4 Å². The van der Waals surface area contributed by atoms with Gasteiger partial charge in [-0.15, -0.1) is 11.3 Å². The average Bonchev–Trinajstić information content (AvgIpc) is 2.78. The van der Waals surface area contributed by atoms with Crippen molar-refractivity contribution in [1.29, 1.82) is 0 Å². The predicted octanol–water partition coefficient (Wildman–Crippen LogP) is 1.43. The molecule has 0 radical (unpaired) electrons. The maximum atomic E-state index is 11.0. The van der Waals surface area contributed by atoms with Gasteiger partial charge in [0.1, 0.15) is 10.7 Å². The van der Waals surface area contributed by atoms with Crippen LogP contribution in [0.15, 0.2) is 29.9 Å². The monoisotopic (exact) mass is 220 g/mol. The Hall–Kier alpha value is -1.79. The molecule has 0 fully saturated rings. The van der Waals surface area contributed by atoms with Gasteiger partial charge in [-0.2, -0.15) is 0 Å². The minimum Gasteiger partial charge on any atom is -0.759 e. The zero-order valence-electron chi connectivity index (χ0n) is 7.51. The van der Waals surface area contributed by atoms with E-state index in [1.54, 1.807) is 29.9 Å². The lowest BCUT2D eigenvalue weighted by Crippen LogP contribution is -2.15. The quantitative estimate of drug-likeness (QED) is 0.776. The first-order valence-corrected chi connectivity index (χ1v) is 4.97. The third-order valence-corrected chi connectivity index (χ3v) is 2.65. The molecule has 0 saturated heterocycles. The fraction of sp³-hybridized carbons (Fsp3) is 0. The number of hydrogen-bond donors (Lipinski definition) is 1. The van der Waals surface area contributed by atoms with Crippen molar-refractivity contribution in [3.05, 3.63) is 40.8 Å². The molecule has 5 nitrogen and oxygen atoms in total. The molecule has 2 aromatic rings. The Morgan fingerprint density at radius 3 is 2.80 bits per heavy atom. The van der Waals surface area contributed by atoms with E-state index in [1.165, 1.54) is 16.8 Å². The van der Waals surface area contributed by atoms with Gasteiger partial charge in [0.2, 0.25) is 0 Å². The number of hydrogen-bond acceptors (Lipinski definition) is 5. The molecule has 0 saturated carbocycles. The van der Waals surface area contributed by atoms with Crippen molar-refractivity contribution >= 4 is 17.2 Å². The summed E-state index contributed by atoms with van der Waals surface area (Å²) in [6.45, 7) is 0. The highest BCUT2D eigenvalue weighted by Gasteiger charge is 2.08. The Morgan fingerprint density at radius 2 is 2.13 bits per heavy atom. The van der Waals surface area contributed by atoms with Gasteiger partial charge in [-0.1, -0.05) is 0 Å². The maximum Gasteiger partial charge on any atom is 0.260 e. The van der Waals surface area contributed by atoms with Gasteiger partial charge in [-0.25, -0.2) is 4.98 Å². The Bertz CT molecular complexity index is 469. The maximum absolute atomic E-state index is 11.0. The highest BCUT2D eigenvalue weighted by molar-refractivity contribution is 7.13. The second kappa shape index (κ2) is 4.16. The van der Waals surface area contributed by atoms with Crippen LogP contribution in [0.3, 0.4) is 0 Å². The third kappa shape index (κ3) is 2.00. The molecule has 76 valence electrons. The lowest BCUT2D eigenvalue weighted by molar-refractivity contribution is 0.0966. The van der Waals surface area contributed by atoms with E-state index in [0.717, 1.165) is 5.56 Å². The Kier molecular flexibility index (Phi) is 2.70. The largest absolute Gasteiger partial charge is 0.759 e. The van der Waals surface area contributed by atoms with E-state index < -0.39 is 5.91 Å². The first-order valence-electron chi connectivity index (χ1n) is 4.09. The summed E-state index contributed by atoms with van der Waals surface area (Å²) in [5.41, 5.74) is 2.30. The molecular weight excluding hydrogens is 214 g/mol. The molecule has 2 heterocycles. The van der Waals surface area contributed by atoms with E-state index in [-0.39, 0.29) is 5.69 Å². The summed E-state index contributed by atoms with van der Waals surface area (Å²) in [5.74, 6) is -0.716. The number of carbonyl (C=O) groups excluding carboxylic acids is 1. The molecule has 0 aliphatic rings. The van der Waals surface area contributed by atoms with Gasteiger partial charge in [-0.3, -0.25) is 9.78 Å². The van der Waals surface area contributed by atoms with Gasteiger partial charge in [-0.05, 0) is 12.1 Å². The van der Waals surface area contributed by atoms with Crippen LogP contribution in [0.5, 0.6) is 0 Å². The smallest absolute Gasteiger partial charge is 0.260 e. The minimum atomic E-state index is -0.716. The van der Waals surface area contributed by atoms with E-state index in [0.29, 0.717) is 5.01 Å². The SMILES string of the molecule is O=C(N[O-])c1csc(-c2ccncc2)n1. The van der Waals surface area contributed by atoms with Crippen molar-refractivity contribution < 1.29 is 4.79 Å². The van der Waals surface area contributed by atoms with Crippen LogP contribution < -0.4 is 5.48 Å². The van der Waals surface area contributed by atoms with Crippen molar-refractivity contribution in [2.45, 2.75) is 0 Å². The second-order valence-electron chi connectivity index (χ2n) is 2.70. The summed E-state index contributed by atoms with van der Waals surface area (Å²) in [4.78, 5) is 18.9. The number of amides is 1. The van der Waals surface area contributed by atoms with E-state index in [2.05, 4.69) is 9.97 Å². The summed E-state index contributed by atoms with van der Waals surface area (Å²) in [5, 5.41) is 12.4. The van der Waals surface area contributed by atoms with E-state index in [4.69, 9.17) is 0 Å². The molecule has 15 heavy (non-hydrogen) atoms. The fourth-order valence-electron chi connectivity index (χ4n) is 1.06. The zero-order valence-corrected chi connectivity index (χ0v) is 8.32. The van der Waals surface area contributed by atoms with Gasteiger partial charge in [0.15, 0.2) is 0 Å². The summed E-state index contributed by atoms with van der Waals surface area (Å²) in [6.07, 6.45) is 3.29. The van der Waals surface area contributed by atoms with Crippen molar-refractivity contribution in [3.63, 3.8) is 0 Å². The molecule has 0 aromatic carbocycles. The molecule has 2 rings (SSSR count). The van der Waals surface area contributed by atoms with Crippen molar-refractivity contribution in [1.82, 2.24) is 15.4 Å². The summed E-state index contributed by atoms with van der Waals surface area (Å²) in [7, 11) is 0. The number of rotatable bonds is 2. The number of nitrogens with zero attached hydrogens (tertiary/aromatic N) is 2. The molecule has 1 amide bonds. The number of aromatic nitrogens is 2. The molecular formula is C9H6N3O2S-. The predicted molar refractivity (Wildman–Crippen MR) is 56.2 cm³/mol. The molecule has 0 aliphatic heterocycles. The number of thiazole rings is 1. The zero-order chi connectivity index (χ0) is 10.7. The van der Waals surface area contributed by atoms with E-state index in [1.807, 2.05) is 0 Å². The molecule has 0 aliphatic carbocycles. The summed E-state index contributed by atoms with van der Waals surface area (Å²) < 4.78 is 0. The van der Waals surface area contributed by atoms with Crippen LogP contribution in [0, 0.1) is 5.21 Å². The summed E-state index contributed by atoms with van der Waals surface area (Å²) >= 11 is 1.31. The number of carbonyl (C=O) groups is 1. The Balaban J connectivity index is 2.32. The van der Waals surface area contributed by atoms with Crippen LogP contribution in [0.25, 0.3) is 10.6 Å². The standard InChI is InChI=1S/C9H6N3O2S/c13-8(12-14)7-5-15-9(11-7)6-1-3-10-4-2-6/h1-5H,(H-,10,11,12,13,14)/q-1. The van der Waals surface area contributed by atoms with Gasteiger partial charge >= 0.3 is 0 Å². The van der Waals surface area contributed by atoms with E-state index in [9.17, 15) is 10.0 Å². The third-order valence-electron chi connectivity index (χ3n) is 1.76. The van der Waals surface area contributed by atoms with Crippen molar-refractivity contribution in [3.8, 4) is 10.6 Å². The van der Waals surface area contributed by atoms with Crippen LogP contribution in [-0.2, 0) is 0 Å². The highest BCUT2D eigenvalue weighted by atomic mass is 32.1. The normalized spacial score (nSPS) is 9.93. The number of hydroxylamine groups is 1. The molecule has 0 spiro atoms. The molecule has 0 bridgehead atoms. The molecule has 0 atom stereocenters. The van der Waals surface area contributed by atoms with Gasteiger partial charge in [0.25, 0.3) is 5.91 Å². The van der Waals surface area contributed by atoms with Crippen LogP contribution in [0.2, 0.25) is 0 Å². The topological polar surface area (TPSA) is 77.9 Å². The minimum absolute atomic E-state index is 0.141. The fourth-order valence-corrected chi connectivity index (χ4v) is 1.86. The van der Waals surface area contributed by atoms with Crippen LogP contribution >= 0.6 is 11.3 Å². The first kappa shape index (κ1) is 9.75. The number of nitrogens with one attached hydrogen (secondary N) is 1. The summed E-state index contributed by atoms with van der Waals surface area (Å²) in [6, 6.07) is 3.58. The van der Waals surface area contributed by atoms with Crippen LogP contribution in [0.1, 0.15) is 10.5 Å². The molecule has 2 aromatic heterocycles. The number of pyridine rings is 1. The van der Waals surface area contributed by atoms with Crippen molar-refractivity contribution in [2.75, 3.05) is 0 Å². The first-order chi connectivity index (χ1) is 7.31. The highest BCUT2D eigenvalue weighted by Crippen LogP contribution is 2.22. The second-order valence-corrected chi connectivity index (χ2v) is 3.56. The van der Waals surface area contributed by atoms with Gasteiger partial charge < -0.3 is 10.7 Å². The van der Waals surface area contributed by atoms with E-state index >= 15 is 0 Å².